The van der Waals surface area contributed by atoms with Crippen LogP contribution in [0.4, 0.5) is 11.4 Å². The molecular weight excluding hydrogens is 410 g/mol. The Morgan fingerprint density at radius 2 is 2.00 bits per heavy atom. The summed E-state index contributed by atoms with van der Waals surface area (Å²) in [7, 11) is 0. The summed E-state index contributed by atoms with van der Waals surface area (Å²) in [6, 6.07) is 14.0. The van der Waals surface area contributed by atoms with Gasteiger partial charge in [0.2, 0.25) is 5.91 Å². The van der Waals surface area contributed by atoms with Gasteiger partial charge < -0.3 is 25.3 Å². The number of anilines is 1. The lowest BCUT2D eigenvalue weighted by Crippen LogP contribution is -2.63. The Kier molecular flexibility index (Phi) is 6.27. The molecule has 2 aromatic carbocycles. The van der Waals surface area contributed by atoms with Crippen molar-refractivity contribution in [3.8, 4) is 5.75 Å². The van der Waals surface area contributed by atoms with E-state index in [2.05, 4.69) is 9.88 Å². The van der Waals surface area contributed by atoms with Crippen LogP contribution in [0.1, 0.15) is 19.8 Å². The molecule has 9 heteroatoms. The number of nitrogens with zero attached hydrogens (tertiary/aromatic N) is 3. The van der Waals surface area contributed by atoms with Gasteiger partial charge in [0.1, 0.15) is 5.75 Å². The van der Waals surface area contributed by atoms with Crippen LogP contribution in [0.2, 0.25) is 0 Å². The number of aromatic amines is 1. The SMILES string of the molecule is CCC(=O)N1CCN(c2ccc([N+](=O)[O-])cc2)C(CCN)C1Oc1ccc2[nH]ccc2c1. The van der Waals surface area contributed by atoms with Gasteiger partial charge in [0.25, 0.3) is 5.69 Å². The van der Waals surface area contributed by atoms with Gasteiger partial charge in [-0.3, -0.25) is 14.9 Å². The van der Waals surface area contributed by atoms with Crippen LogP contribution in [0, 0.1) is 10.1 Å². The van der Waals surface area contributed by atoms with Crippen LogP contribution in [0.15, 0.2) is 54.7 Å². The number of nitro benzene ring substituents is 1. The number of nitrogens with one attached hydrogen (secondary N) is 1. The lowest BCUT2D eigenvalue weighted by atomic mass is 10.0. The van der Waals surface area contributed by atoms with Crippen molar-refractivity contribution in [3.63, 3.8) is 0 Å². The van der Waals surface area contributed by atoms with Gasteiger partial charge in [0.05, 0.1) is 11.0 Å². The number of ether oxygens (including phenoxy) is 1. The topological polar surface area (TPSA) is 118 Å². The Morgan fingerprint density at radius 1 is 1.22 bits per heavy atom. The number of hydrogen-bond acceptors (Lipinski definition) is 6. The molecule has 2 unspecified atom stereocenters. The van der Waals surface area contributed by atoms with Crippen LogP contribution in [-0.4, -0.2) is 52.6 Å². The van der Waals surface area contributed by atoms with Gasteiger partial charge in [-0.2, -0.15) is 0 Å². The van der Waals surface area contributed by atoms with Crippen molar-refractivity contribution in [1.29, 1.82) is 0 Å². The van der Waals surface area contributed by atoms with E-state index in [0.29, 0.717) is 38.2 Å². The minimum Gasteiger partial charge on any atom is -0.468 e. The predicted octanol–water partition coefficient (Wildman–Crippen LogP) is 3.26. The number of non-ortho nitro benzene ring substituents is 1. The Balaban J connectivity index is 1.68. The van der Waals surface area contributed by atoms with Crippen molar-refractivity contribution >= 4 is 28.2 Å². The Morgan fingerprint density at radius 3 is 2.69 bits per heavy atom. The van der Waals surface area contributed by atoms with Crippen LogP contribution in [-0.2, 0) is 4.79 Å². The van der Waals surface area contributed by atoms with Gasteiger partial charge in [-0.1, -0.05) is 6.92 Å². The van der Waals surface area contributed by atoms with Crippen molar-refractivity contribution in [2.24, 2.45) is 5.73 Å². The molecule has 0 aliphatic carbocycles. The molecule has 0 bridgehead atoms. The predicted molar refractivity (Wildman–Crippen MR) is 123 cm³/mol. The minimum atomic E-state index is -0.536. The Bertz CT molecular complexity index is 1100. The fourth-order valence-corrected chi connectivity index (χ4v) is 4.28. The molecule has 3 N–H and O–H groups in total. The van der Waals surface area contributed by atoms with Crippen LogP contribution in [0.5, 0.6) is 5.75 Å². The molecule has 168 valence electrons. The number of benzene rings is 2. The highest BCUT2D eigenvalue weighted by molar-refractivity contribution is 5.81. The van der Waals surface area contributed by atoms with Crippen molar-refractivity contribution in [2.45, 2.75) is 32.0 Å². The third-order valence-corrected chi connectivity index (χ3v) is 5.88. The molecule has 32 heavy (non-hydrogen) atoms. The van der Waals surface area contributed by atoms with Crippen LogP contribution < -0.4 is 15.4 Å². The van der Waals surface area contributed by atoms with E-state index >= 15 is 0 Å². The highest BCUT2D eigenvalue weighted by Crippen LogP contribution is 2.31. The first-order chi connectivity index (χ1) is 15.5. The summed E-state index contributed by atoms with van der Waals surface area (Å²) >= 11 is 0. The summed E-state index contributed by atoms with van der Waals surface area (Å²) in [5.74, 6) is 0.687. The number of amides is 1. The van der Waals surface area contributed by atoms with Crippen LogP contribution >= 0.6 is 0 Å². The quantitative estimate of drug-likeness (QED) is 0.433. The van der Waals surface area contributed by atoms with Gasteiger partial charge >= 0.3 is 0 Å². The fourth-order valence-electron chi connectivity index (χ4n) is 4.28. The smallest absolute Gasteiger partial charge is 0.269 e. The number of piperazine rings is 1. The van der Waals surface area contributed by atoms with E-state index in [-0.39, 0.29) is 17.6 Å². The monoisotopic (exact) mass is 437 g/mol. The van der Waals surface area contributed by atoms with E-state index in [1.54, 1.807) is 17.0 Å². The van der Waals surface area contributed by atoms with Crippen molar-refractivity contribution in [1.82, 2.24) is 9.88 Å². The molecule has 1 fully saturated rings. The molecule has 1 amide bonds. The molecule has 1 saturated heterocycles. The molecule has 2 heterocycles. The Hall–Kier alpha value is -3.59. The molecule has 1 aliphatic rings. The van der Waals surface area contributed by atoms with Crippen LogP contribution in [0.25, 0.3) is 10.9 Å². The molecule has 0 radical (unpaired) electrons. The number of H-pyrrole nitrogens is 1. The van der Waals surface area contributed by atoms with Crippen molar-refractivity contribution in [2.75, 3.05) is 24.5 Å². The molecule has 0 saturated carbocycles. The van der Waals surface area contributed by atoms with E-state index in [9.17, 15) is 14.9 Å². The second-order valence-corrected chi connectivity index (χ2v) is 7.79. The summed E-state index contributed by atoms with van der Waals surface area (Å²) in [5.41, 5.74) is 7.84. The van der Waals surface area contributed by atoms with Gasteiger partial charge in [-0.05, 0) is 49.4 Å². The number of nitro groups is 1. The zero-order valence-corrected chi connectivity index (χ0v) is 17.9. The standard InChI is InChI=1S/C23H27N5O4/c1-2-22(29)27-14-13-26(17-3-5-18(6-4-17)28(30)31)21(9-11-24)23(27)32-19-7-8-20-16(15-19)10-12-25-20/h3-8,10,12,15,21,23,25H,2,9,11,13-14,24H2,1H3. The molecule has 9 nitrogen and oxygen atoms in total. The number of nitrogens with two attached hydrogens (primary N) is 1. The summed E-state index contributed by atoms with van der Waals surface area (Å²) in [5, 5.41) is 12.1. The highest BCUT2D eigenvalue weighted by Gasteiger charge is 2.40. The number of rotatable bonds is 7. The highest BCUT2D eigenvalue weighted by atomic mass is 16.6. The maximum absolute atomic E-state index is 12.8. The number of carbonyl (C=O) groups excluding carboxylic acids is 1. The third-order valence-electron chi connectivity index (χ3n) is 5.88. The first-order valence-electron chi connectivity index (χ1n) is 10.8. The third kappa shape index (κ3) is 4.24. The fraction of sp³-hybridized carbons (Fsp3) is 0.348. The first-order valence-corrected chi connectivity index (χ1v) is 10.8. The van der Waals surface area contributed by atoms with E-state index < -0.39 is 11.2 Å². The van der Waals surface area contributed by atoms with Gasteiger partial charge in [-0.25, -0.2) is 0 Å². The summed E-state index contributed by atoms with van der Waals surface area (Å²) in [4.78, 5) is 30.5. The molecular formula is C23H27N5O4. The molecule has 1 aromatic heterocycles. The summed E-state index contributed by atoms with van der Waals surface area (Å²) in [6.45, 7) is 3.33. The largest absolute Gasteiger partial charge is 0.468 e. The normalized spacial score (nSPS) is 18.7. The number of fused-ring (bicyclic) bond motifs is 1. The average Bonchev–Trinajstić information content (AvgIpc) is 3.27. The van der Waals surface area contributed by atoms with Gasteiger partial charge in [0.15, 0.2) is 6.23 Å². The summed E-state index contributed by atoms with van der Waals surface area (Å²) < 4.78 is 6.43. The molecule has 2 atom stereocenters. The van der Waals surface area contributed by atoms with Gasteiger partial charge in [-0.15, -0.1) is 0 Å². The molecule has 1 aliphatic heterocycles. The molecule has 3 aromatic rings. The first kappa shape index (κ1) is 21.6. The lowest BCUT2D eigenvalue weighted by Gasteiger charge is -2.48. The van der Waals surface area contributed by atoms with E-state index in [1.165, 1.54) is 12.1 Å². The molecule has 4 rings (SSSR count). The Labute approximate surface area is 185 Å². The zero-order chi connectivity index (χ0) is 22.7. The van der Waals surface area contributed by atoms with Gasteiger partial charge in [0, 0.05) is 54.4 Å². The van der Waals surface area contributed by atoms with E-state index in [0.717, 1.165) is 16.6 Å². The van der Waals surface area contributed by atoms with E-state index in [1.807, 2.05) is 37.4 Å². The second-order valence-electron chi connectivity index (χ2n) is 7.79. The average molecular weight is 438 g/mol. The lowest BCUT2D eigenvalue weighted by molar-refractivity contribution is -0.384. The summed E-state index contributed by atoms with van der Waals surface area (Å²) in [6.07, 6.45) is 2.31. The van der Waals surface area contributed by atoms with E-state index in [4.69, 9.17) is 10.5 Å². The minimum absolute atomic E-state index is 0.0168. The number of aromatic nitrogens is 1. The van der Waals surface area contributed by atoms with Crippen molar-refractivity contribution < 1.29 is 14.5 Å². The molecule has 0 spiro atoms. The second kappa shape index (κ2) is 9.27. The number of hydrogen-bond donors (Lipinski definition) is 2. The zero-order valence-electron chi connectivity index (χ0n) is 17.9. The number of carbonyl (C=O) groups is 1. The maximum atomic E-state index is 12.8. The van der Waals surface area contributed by atoms with Crippen molar-refractivity contribution in [3.05, 3.63) is 64.8 Å². The maximum Gasteiger partial charge on any atom is 0.269 e. The van der Waals surface area contributed by atoms with Crippen LogP contribution in [0.3, 0.4) is 0 Å².